The van der Waals surface area contributed by atoms with E-state index in [0.717, 1.165) is 43.5 Å². The molecule has 0 bridgehead atoms. The molecule has 0 amide bonds. The normalized spacial score (nSPS) is 20.2. The third-order valence-corrected chi connectivity index (χ3v) is 5.30. The number of nitriles is 1. The first-order chi connectivity index (χ1) is 12.3. The zero-order chi connectivity index (χ0) is 17.5. The Kier molecular flexibility index (Phi) is 6.17. The summed E-state index contributed by atoms with van der Waals surface area (Å²) >= 11 is 0. The summed E-state index contributed by atoms with van der Waals surface area (Å²) in [5.41, 5.74) is 3.66. The van der Waals surface area contributed by atoms with Crippen LogP contribution in [0.25, 0.3) is 11.1 Å². The highest BCUT2D eigenvalue weighted by atomic mass is 14.9. The molecule has 1 aliphatic carbocycles. The molecule has 3 rings (SSSR count). The maximum absolute atomic E-state index is 9.01. The van der Waals surface area contributed by atoms with E-state index in [0.29, 0.717) is 5.92 Å². The molecule has 1 aliphatic rings. The standard InChI is InChI=1S/C22H27N3/c1-2-3-4-5-17-6-10-19(11-7-17)21-15-24-22(25-16-21)20-12-8-18(14-23)9-13-20/h6-7,10-11,15-16,18,20H,2-5,8-9,12-13H2,1H3. The molecule has 1 fully saturated rings. The van der Waals surface area contributed by atoms with Crippen molar-refractivity contribution in [3.8, 4) is 17.2 Å². The van der Waals surface area contributed by atoms with Gasteiger partial charge in [0.15, 0.2) is 0 Å². The molecule has 0 saturated heterocycles. The molecule has 3 heteroatoms. The van der Waals surface area contributed by atoms with Crippen LogP contribution in [-0.2, 0) is 6.42 Å². The van der Waals surface area contributed by atoms with Gasteiger partial charge in [-0.15, -0.1) is 0 Å². The maximum atomic E-state index is 9.01. The Morgan fingerprint density at radius 2 is 1.64 bits per heavy atom. The van der Waals surface area contributed by atoms with Gasteiger partial charge in [-0.2, -0.15) is 5.26 Å². The van der Waals surface area contributed by atoms with E-state index in [-0.39, 0.29) is 5.92 Å². The Morgan fingerprint density at radius 3 is 2.24 bits per heavy atom. The minimum absolute atomic E-state index is 0.228. The maximum Gasteiger partial charge on any atom is 0.131 e. The van der Waals surface area contributed by atoms with Gasteiger partial charge in [0.25, 0.3) is 0 Å². The number of aryl methyl sites for hydroxylation is 1. The van der Waals surface area contributed by atoms with E-state index in [4.69, 9.17) is 5.26 Å². The van der Waals surface area contributed by atoms with Crippen molar-refractivity contribution in [1.82, 2.24) is 9.97 Å². The van der Waals surface area contributed by atoms with Crippen molar-refractivity contribution in [2.75, 3.05) is 0 Å². The number of benzene rings is 1. The van der Waals surface area contributed by atoms with Crippen LogP contribution in [0, 0.1) is 17.2 Å². The SMILES string of the molecule is CCCCCc1ccc(-c2cnc(C3CCC(C#N)CC3)nc2)cc1. The molecule has 1 aromatic carbocycles. The fourth-order valence-electron chi connectivity index (χ4n) is 3.62. The first-order valence-corrected chi connectivity index (χ1v) is 9.61. The van der Waals surface area contributed by atoms with E-state index in [2.05, 4.69) is 47.2 Å². The summed E-state index contributed by atoms with van der Waals surface area (Å²) in [6.07, 6.45) is 12.9. The second-order valence-electron chi connectivity index (χ2n) is 7.16. The lowest BCUT2D eigenvalue weighted by Gasteiger charge is -2.23. The molecule has 0 radical (unpaired) electrons. The topological polar surface area (TPSA) is 49.6 Å². The predicted octanol–water partition coefficient (Wildman–Crippen LogP) is 5.67. The number of hydrogen-bond donors (Lipinski definition) is 0. The second kappa shape index (κ2) is 8.76. The summed E-state index contributed by atoms with van der Waals surface area (Å²) in [5.74, 6) is 1.59. The van der Waals surface area contributed by atoms with Crippen LogP contribution >= 0.6 is 0 Å². The lowest BCUT2D eigenvalue weighted by atomic mass is 9.82. The van der Waals surface area contributed by atoms with Gasteiger partial charge in [-0.05, 0) is 49.7 Å². The molecule has 1 aromatic heterocycles. The molecule has 0 N–H and O–H groups in total. The monoisotopic (exact) mass is 333 g/mol. The fraction of sp³-hybridized carbons (Fsp3) is 0.500. The minimum Gasteiger partial charge on any atom is -0.240 e. The number of rotatable bonds is 6. The number of hydrogen-bond acceptors (Lipinski definition) is 3. The third kappa shape index (κ3) is 4.66. The molecule has 130 valence electrons. The van der Waals surface area contributed by atoms with E-state index in [1.165, 1.54) is 30.4 Å². The van der Waals surface area contributed by atoms with Crippen molar-refractivity contribution in [2.24, 2.45) is 5.92 Å². The van der Waals surface area contributed by atoms with Gasteiger partial charge in [0.2, 0.25) is 0 Å². The highest BCUT2D eigenvalue weighted by Gasteiger charge is 2.23. The summed E-state index contributed by atoms with van der Waals surface area (Å²) < 4.78 is 0. The van der Waals surface area contributed by atoms with Crippen LogP contribution in [0.3, 0.4) is 0 Å². The molecule has 2 aromatic rings. The second-order valence-corrected chi connectivity index (χ2v) is 7.16. The largest absolute Gasteiger partial charge is 0.240 e. The van der Waals surface area contributed by atoms with Crippen LogP contribution < -0.4 is 0 Å². The van der Waals surface area contributed by atoms with E-state index in [9.17, 15) is 0 Å². The molecule has 1 saturated carbocycles. The van der Waals surface area contributed by atoms with Crippen LogP contribution in [0.1, 0.15) is 69.2 Å². The van der Waals surface area contributed by atoms with Crippen molar-refractivity contribution in [1.29, 1.82) is 5.26 Å². The summed E-state index contributed by atoms with van der Waals surface area (Å²) in [6.45, 7) is 2.24. The zero-order valence-corrected chi connectivity index (χ0v) is 15.1. The molecule has 0 atom stereocenters. The summed E-state index contributed by atoms with van der Waals surface area (Å²) in [5, 5.41) is 9.01. The van der Waals surface area contributed by atoms with Gasteiger partial charge in [0, 0.05) is 29.8 Å². The van der Waals surface area contributed by atoms with Gasteiger partial charge < -0.3 is 0 Å². The first kappa shape index (κ1) is 17.6. The Hall–Kier alpha value is -2.21. The van der Waals surface area contributed by atoms with Crippen molar-refractivity contribution in [3.05, 3.63) is 48.0 Å². The summed E-state index contributed by atoms with van der Waals surface area (Å²) in [4.78, 5) is 9.24. The van der Waals surface area contributed by atoms with Crippen LogP contribution in [0.5, 0.6) is 0 Å². The van der Waals surface area contributed by atoms with E-state index >= 15 is 0 Å². The van der Waals surface area contributed by atoms with Crippen molar-refractivity contribution >= 4 is 0 Å². The number of unbranched alkanes of at least 4 members (excludes halogenated alkanes) is 2. The van der Waals surface area contributed by atoms with Crippen molar-refractivity contribution in [3.63, 3.8) is 0 Å². The first-order valence-electron chi connectivity index (χ1n) is 9.61. The highest BCUT2D eigenvalue weighted by molar-refractivity contribution is 5.61. The Bertz CT molecular complexity index is 690. The Balaban J connectivity index is 1.61. The predicted molar refractivity (Wildman–Crippen MR) is 101 cm³/mol. The van der Waals surface area contributed by atoms with Gasteiger partial charge >= 0.3 is 0 Å². The fourth-order valence-corrected chi connectivity index (χ4v) is 3.62. The van der Waals surface area contributed by atoms with Gasteiger partial charge in [-0.25, -0.2) is 9.97 Å². The van der Waals surface area contributed by atoms with Gasteiger partial charge in [0.1, 0.15) is 5.82 Å². The lowest BCUT2D eigenvalue weighted by Crippen LogP contribution is -2.14. The highest BCUT2D eigenvalue weighted by Crippen LogP contribution is 2.34. The minimum atomic E-state index is 0.228. The Morgan fingerprint density at radius 1 is 0.960 bits per heavy atom. The molecule has 1 heterocycles. The molecule has 3 nitrogen and oxygen atoms in total. The molecule has 0 unspecified atom stereocenters. The van der Waals surface area contributed by atoms with E-state index < -0.39 is 0 Å². The molecule has 0 spiro atoms. The smallest absolute Gasteiger partial charge is 0.131 e. The summed E-state index contributed by atoms with van der Waals surface area (Å²) in [6, 6.07) is 11.2. The van der Waals surface area contributed by atoms with Gasteiger partial charge in [-0.1, -0.05) is 44.0 Å². The zero-order valence-electron chi connectivity index (χ0n) is 15.1. The molecule has 0 aliphatic heterocycles. The van der Waals surface area contributed by atoms with Gasteiger partial charge in [-0.3, -0.25) is 0 Å². The van der Waals surface area contributed by atoms with E-state index in [1.807, 2.05) is 12.4 Å². The molecule has 25 heavy (non-hydrogen) atoms. The summed E-state index contributed by atoms with van der Waals surface area (Å²) in [7, 11) is 0. The van der Waals surface area contributed by atoms with Crippen LogP contribution in [0.15, 0.2) is 36.7 Å². The van der Waals surface area contributed by atoms with Crippen molar-refractivity contribution < 1.29 is 0 Å². The number of nitrogens with zero attached hydrogens (tertiary/aromatic N) is 3. The van der Waals surface area contributed by atoms with Crippen LogP contribution in [-0.4, -0.2) is 9.97 Å². The quantitative estimate of drug-likeness (QED) is 0.640. The Labute approximate surface area is 151 Å². The average molecular weight is 333 g/mol. The number of aromatic nitrogens is 2. The van der Waals surface area contributed by atoms with Crippen LogP contribution in [0.2, 0.25) is 0 Å². The third-order valence-electron chi connectivity index (χ3n) is 5.30. The lowest BCUT2D eigenvalue weighted by molar-refractivity contribution is 0.372. The van der Waals surface area contributed by atoms with Crippen LogP contribution in [0.4, 0.5) is 0 Å². The molecular weight excluding hydrogens is 306 g/mol. The van der Waals surface area contributed by atoms with Crippen molar-refractivity contribution in [2.45, 2.75) is 64.2 Å². The van der Waals surface area contributed by atoms with E-state index in [1.54, 1.807) is 0 Å². The van der Waals surface area contributed by atoms with Gasteiger partial charge in [0.05, 0.1) is 6.07 Å². The average Bonchev–Trinajstić information content (AvgIpc) is 2.69. The molecular formula is C22H27N3.